The molecule has 6 atom stereocenters. The number of phosphoric ester groups is 2. The summed E-state index contributed by atoms with van der Waals surface area (Å²) in [6.07, 6.45) is 55.5. The molecular weight excluding hydrogens is 1220 g/mol. The number of hydrogen-bond acceptors (Lipinski definition) is 15. The van der Waals surface area contributed by atoms with E-state index in [1.165, 1.54) is 212 Å². The van der Waals surface area contributed by atoms with Crippen molar-refractivity contribution in [3.63, 3.8) is 0 Å². The number of phosphoric acid groups is 2. The molecule has 0 saturated carbocycles. The third-order valence-corrected chi connectivity index (χ3v) is 19.5. The normalized spacial score (nSPS) is 14.3. The Hall–Kier alpha value is -1.94. The lowest BCUT2D eigenvalue weighted by Gasteiger charge is -2.21. The van der Waals surface area contributed by atoms with Gasteiger partial charge in [-0.25, -0.2) is 9.13 Å². The number of aliphatic hydroxyl groups excluding tert-OH is 1. The molecule has 0 aromatic carbocycles. The average Bonchev–Trinajstić information content (AvgIpc) is 2.63. The van der Waals surface area contributed by atoms with Crippen LogP contribution in [-0.2, 0) is 65.4 Å². The summed E-state index contributed by atoms with van der Waals surface area (Å²) in [5, 5.41) is 10.6. The van der Waals surface area contributed by atoms with E-state index in [0.29, 0.717) is 25.7 Å². The van der Waals surface area contributed by atoms with Crippen molar-refractivity contribution in [3.05, 3.63) is 0 Å². The number of hydrogen-bond donors (Lipinski definition) is 3. The van der Waals surface area contributed by atoms with Crippen LogP contribution in [0, 0.1) is 5.92 Å². The molecule has 552 valence electrons. The predicted octanol–water partition coefficient (Wildman–Crippen LogP) is 21.7. The zero-order valence-corrected chi connectivity index (χ0v) is 62.2. The van der Waals surface area contributed by atoms with Crippen molar-refractivity contribution in [2.45, 2.75) is 406 Å². The van der Waals surface area contributed by atoms with Gasteiger partial charge in [-0.2, -0.15) is 0 Å². The lowest BCUT2D eigenvalue weighted by molar-refractivity contribution is -0.161. The number of carbonyl (C=O) groups excluding carboxylic acids is 4. The van der Waals surface area contributed by atoms with Gasteiger partial charge in [-0.05, 0) is 31.6 Å². The minimum atomic E-state index is -4.95. The summed E-state index contributed by atoms with van der Waals surface area (Å²) in [6.45, 7) is 7.30. The smallest absolute Gasteiger partial charge is 0.462 e. The van der Waals surface area contributed by atoms with E-state index in [2.05, 4.69) is 34.6 Å². The second-order valence-electron chi connectivity index (χ2n) is 26.9. The molecule has 0 bridgehead atoms. The van der Waals surface area contributed by atoms with E-state index in [9.17, 15) is 43.2 Å². The van der Waals surface area contributed by atoms with Crippen molar-refractivity contribution in [2.24, 2.45) is 5.92 Å². The quantitative estimate of drug-likeness (QED) is 0.0222. The van der Waals surface area contributed by atoms with Gasteiger partial charge < -0.3 is 33.8 Å². The summed E-state index contributed by atoms with van der Waals surface area (Å²) in [5.41, 5.74) is 0. The molecule has 3 N–H and O–H groups in total. The molecule has 0 fully saturated rings. The lowest BCUT2D eigenvalue weighted by Crippen LogP contribution is -2.30. The molecule has 0 aromatic heterocycles. The summed E-state index contributed by atoms with van der Waals surface area (Å²) in [7, 11) is -9.90. The molecule has 93 heavy (non-hydrogen) atoms. The first-order valence-corrected chi connectivity index (χ1v) is 41.7. The molecule has 0 aliphatic heterocycles. The van der Waals surface area contributed by atoms with E-state index in [0.717, 1.165) is 95.8 Å². The fraction of sp³-hybridized carbons (Fsp3) is 0.946. The molecule has 19 heteroatoms. The molecule has 0 aromatic rings. The first-order chi connectivity index (χ1) is 45.1. The molecule has 0 rings (SSSR count). The molecule has 0 amide bonds. The van der Waals surface area contributed by atoms with Crippen LogP contribution in [0.3, 0.4) is 0 Å². The largest absolute Gasteiger partial charge is 0.472 e. The fourth-order valence-corrected chi connectivity index (χ4v) is 12.9. The second-order valence-corrected chi connectivity index (χ2v) is 29.8. The number of aliphatic hydroxyl groups is 1. The van der Waals surface area contributed by atoms with Crippen molar-refractivity contribution >= 4 is 39.5 Å². The van der Waals surface area contributed by atoms with Gasteiger partial charge in [0.2, 0.25) is 0 Å². The molecule has 0 heterocycles. The Labute approximate surface area is 568 Å². The van der Waals surface area contributed by atoms with Gasteiger partial charge >= 0.3 is 39.5 Å². The van der Waals surface area contributed by atoms with Gasteiger partial charge in [0.25, 0.3) is 0 Å². The van der Waals surface area contributed by atoms with Crippen molar-refractivity contribution in [1.29, 1.82) is 0 Å². The summed E-state index contributed by atoms with van der Waals surface area (Å²) >= 11 is 0. The third-order valence-electron chi connectivity index (χ3n) is 17.6. The number of rotatable bonds is 74. The van der Waals surface area contributed by atoms with Crippen LogP contribution in [0.1, 0.15) is 388 Å². The maximum absolute atomic E-state index is 13.1. The Morgan fingerprint density at radius 1 is 0.301 bits per heavy atom. The van der Waals surface area contributed by atoms with E-state index in [4.69, 9.17) is 37.0 Å². The summed E-state index contributed by atoms with van der Waals surface area (Å²) in [4.78, 5) is 72.6. The Morgan fingerprint density at radius 3 is 0.763 bits per heavy atom. The fourth-order valence-electron chi connectivity index (χ4n) is 11.3. The van der Waals surface area contributed by atoms with Crippen LogP contribution < -0.4 is 0 Å². The topological polar surface area (TPSA) is 237 Å². The monoisotopic (exact) mass is 1370 g/mol. The molecule has 0 aliphatic carbocycles. The van der Waals surface area contributed by atoms with Crippen LogP contribution in [0.2, 0.25) is 0 Å². The molecule has 0 spiro atoms. The standard InChI is InChI=1S/C74H144O17P2/c1-6-10-13-16-19-22-23-24-25-26-27-31-34-39-43-48-53-58-72(77)85-64-70(91-74(79)60-55-50-45-40-35-32-29-28-30-33-38-41-46-51-56-67(5)9-4)66-89-93(82,83)87-62-68(75)61-86-92(80,81)88-65-69(90-73(78)59-54-49-44-37-21-18-15-12-8-3)63-84-71(76)57-52-47-42-36-20-17-14-11-7-2/h67-70,75H,6-66H2,1-5H3,(H,80,81)(H,82,83)/t67?,68-,69+,70+/m0/s1. The van der Waals surface area contributed by atoms with Crippen LogP contribution in [0.15, 0.2) is 0 Å². The minimum absolute atomic E-state index is 0.106. The van der Waals surface area contributed by atoms with E-state index in [-0.39, 0.29) is 25.7 Å². The van der Waals surface area contributed by atoms with Crippen molar-refractivity contribution in [3.8, 4) is 0 Å². The SMILES string of the molecule is CCCCCCCCCCCCCCCCCCCC(=O)OC[C@H](COP(=O)(O)OC[C@@H](O)COP(=O)(O)OC[C@@H](COC(=O)CCCCCCCCCCC)OC(=O)CCCCCCCCCCC)OC(=O)CCCCCCCCCCCCCCCCC(C)CC. The molecule has 0 aliphatic rings. The number of carbonyl (C=O) groups is 4. The highest BCUT2D eigenvalue weighted by Gasteiger charge is 2.30. The van der Waals surface area contributed by atoms with Crippen LogP contribution in [0.25, 0.3) is 0 Å². The Balaban J connectivity index is 5.19. The number of unbranched alkanes of at least 4 members (excludes halogenated alkanes) is 45. The van der Waals surface area contributed by atoms with Crippen molar-refractivity contribution in [1.82, 2.24) is 0 Å². The van der Waals surface area contributed by atoms with Crippen LogP contribution in [-0.4, -0.2) is 96.7 Å². The van der Waals surface area contributed by atoms with Gasteiger partial charge in [0, 0.05) is 25.7 Å². The van der Waals surface area contributed by atoms with Crippen LogP contribution in [0.5, 0.6) is 0 Å². The first-order valence-electron chi connectivity index (χ1n) is 38.7. The highest BCUT2D eigenvalue weighted by molar-refractivity contribution is 7.47. The summed E-state index contributed by atoms with van der Waals surface area (Å²) in [5.74, 6) is -1.27. The van der Waals surface area contributed by atoms with Crippen molar-refractivity contribution < 1.29 is 80.2 Å². The van der Waals surface area contributed by atoms with E-state index in [1.807, 2.05) is 0 Å². The van der Waals surface area contributed by atoms with E-state index >= 15 is 0 Å². The van der Waals surface area contributed by atoms with Gasteiger partial charge in [-0.1, -0.05) is 336 Å². The highest BCUT2D eigenvalue weighted by Crippen LogP contribution is 2.45. The molecule has 0 radical (unpaired) electrons. The Bertz CT molecular complexity index is 1790. The van der Waals surface area contributed by atoms with Crippen molar-refractivity contribution in [2.75, 3.05) is 39.6 Å². The maximum Gasteiger partial charge on any atom is 0.472 e. The predicted molar refractivity (Wildman–Crippen MR) is 377 cm³/mol. The lowest BCUT2D eigenvalue weighted by atomic mass is 9.99. The van der Waals surface area contributed by atoms with Gasteiger partial charge in [0.1, 0.15) is 19.3 Å². The molecule has 17 nitrogen and oxygen atoms in total. The second kappa shape index (κ2) is 67.3. The molecule has 3 unspecified atom stereocenters. The molecular formula is C74H144O17P2. The molecule has 0 saturated heterocycles. The van der Waals surface area contributed by atoms with Gasteiger partial charge in [-0.3, -0.25) is 37.3 Å². The number of ether oxygens (including phenoxy) is 4. The maximum atomic E-state index is 13.1. The zero-order valence-electron chi connectivity index (χ0n) is 60.4. The van der Waals surface area contributed by atoms with Crippen LogP contribution in [0.4, 0.5) is 0 Å². The van der Waals surface area contributed by atoms with Gasteiger partial charge in [-0.15, -0.1) is 0 Å². The van der Waals surface area contributed by atoms with E-state index < -0.39 is 97.5 Å². The Morgan fingerprint density at radius 2 is 0.516 bits per heavy atom. The average molecular weight is 1370 g/mol. The summed E-state index contributed by atoms with van der Waals surface area (Å²) < 4.78 is 68.3. The highest BCUT2D eigenvalue weighted by atomic mass is 31.2. The third kappa shape index (κ3) is 67.0. The Kier molecular flexibility index (Phi) is 65.9. The van der Waals surface area contributed by atoms with Crippen LogP contribution >= 0.6 is 15.6 Å². The first kappa shape index (κ1) is 91.1. The summed E-state index contributed by atoms with van der Waals surface area (Å²) in [6, 6.07) is 0. The minimum Gasteiger partial charge on any atom is -0.462 e. The number of esters is 4. The van der Waals surface area contributed by atoms with E-state index in [1.54, 1.807) is 0 Å². The van der Waals surface area contributed by atoms with Gasteiger partial charge in [0.05, 0.1) is 26.4 Å². The zero-order chi connectivity index (χ0) is 68.4. The van der Waals surface area contributed by atoms with Gasteiger partial charge in [0.15, 0.2) is 12.2 Å².